The maximum Gasteiger partial charge on any atom is 0.238 e. The van der Waals surface area contributed by atoms with Crippen LogP contribution in [0.2, 0.25) is 0 Å². The molecule has 2 N–H and O–H groups in total. The van der Waals surface area contributed by atoms with Gasteiger partial charge in [0.2, 0.25) is 5.88 Å². The van der Waals surface area contributed by atoms with Gasteiger partial charge in [0.05, 0.1) is 12.7 Å². The highest BCUT2D eigenvalue weighted by Gasteiger charge is 2.07. The van der Waals surface area contributed by atoms with Crippen LogP contribution in [0.15, 0.2) is 36.5 Å². The molecule has 1 aromatic heterocycles. The second-order valence-corrected chi connectivity index (χ2v) is 3.83. The van der Waals surface area contributed by atoms with Gasteiger partial charge in [0.25, 0.3) is 0 Å². The molecule has 2 aromatic rings. The number of hydrogen-bond acceptors (Lipinski definition) is 5. The molecule has 0 unspecified atom stereocenters. The molecule has 0 aliphatic heterocycles. The van der Waals surface area contributed by atoms with E-state index in [0.717, 1.165) is 11.3 Å². The van der Waals surface area contributed by atoms with E-state index in [1.807, 2.05) is 30.3 Å². The fraction of sp³-hybridized carbons (Fsp3) is 0.143. The van der Waals surface area contributed by atoms with Crippen molar-refractivity contribution in [1.29, 1.82) is 5.26 Å². The van der Waals surface area contributed by atoms with Crippen LogP contribution in [0.3, 0.4) is 0 Å². The maximum absolute atomic E-state index is 8.87. The standard InChI is InChI=1S/C14H13N3O2/c1-18-12-4-2-3-10(7-12)9-19-14-13(16)11(8-15)5-6-17-14/h2-7H,9,16H2,1H3. The number of benzene rings is 1. The quantitative estimate of drug-likeness (QED) is 0.905. The van der Waals surface area contributed by atoms with Crippen LogP contribution in [0.5, 0.6) is 11.6 Å². The Morgan fingerprint density at radius 2 is 2.21 bits per heavy atom. The van der Waals surface area contributed by atoms with Gasteiger partial charge in [-0.15, -0.1) is 0 Å². The topological polar surface area (TPSA) is 81.2 Å². The lowest BCUT2D eigenvalue weighted by molar-refractivity contribution is 0.295. The number of hydrogen-bond donors (Lipinski definition) is 1. The van der Waals surface area contributed by atoms with Gasteiger partial charge in [-0.1, -0.05) is 12.1 Å². The van der Waals surface area contributed by atoms with Crippen LogP contribution in [0, 0.1) is 11.3 Å². The van der Waals surface area contributed by atoms with Crippen LogP contribution in [0.4, 0.5) is 5.69 Å². The largest absolute Gasteiger partial charge is 0.497 e. The van der Waals surface area contributed by atoms with E-state index in [4.69, 9.17) is 20.5 Å². The van der Waals surface area contributed by atoms with Gasteiger partial charge >= 0.3 is 0 Å². The van der Waals surface area contributed by atoms with E-state index in [1.54, 1.807) is 13.2 Å². The zero-order chi connectivity index (χ0) is 13.7. The summed E-state index contributed by atoms with van der Waals surface area (Å²) in [5.41, 5.74) is 7.33. The Balaban J connectivity index is 2.12. The summed E-state index contributed by atoms with van der Waals surface area (Å²) in [6, 6.07) is 11.0. The number of nitrogen functional groups attached to an aromatic ring is 1. The third-order valence-corrected chi connectivity index (χ3v) is 2.58. The molecule has 96 valence electrons. The average molecular weight is 255 g/mol. The highest BCUT2D eigenvalue weighted by atomic mass is 16.5. The lowest BCUT2D eigenvalue weighted by atomic mass is 10.2. The van der Waals surface area contributed by atoms with Gasteiger partial charge in [-0.3, -0.25) is 0 Å². The molecule has 0 spiro atoms. The Hall–Kier alpha value is -2.74. The predicted octanol–water partition coefficient (Wildman–Crippen LogP) is 2.12. The molecule has 1 heterocycles. The van der Waals surface area contributed by atoms with Crippen LogP contribution < -0.4 is 15.2 Å². The first-order valence-electron chi connectivity index (χ1n) is 5.65. The summed E-state index contributed by atoms with van der Waals surface area (Å²) in [5.74, 6) is 1.02. The summed E-state index contributed by atoms with van der Waals surface area (Å²) in [6.07, 6.45) is 1.50. The summed E-state index contributed by atoms with van der Waals surface area (Å²) < 4.78 is 10.7. The number of rotatable bonds is 4. The molecule has 0 aliphatic carbocycles. The molecule has 0 aliphatic rings. The fourth-order valence-electron chi connectivity index (χ4n) is 1.58. The Labute approximate surface area is 111 Å². The molecule has 0 radical (unpaired) electrons. The summed E-state index contributed by atoms with van der Waals surface area (Å²) in [4.78, 5) is 4.01. The SMILES string of the molecule is COc1cccc(COc2nccc(C#N)c2N)c1. The molecule has 5 heteroatoms. The fourth-order valence-corrected chi connectivity index (χ4v) is 1.58. The minimum atomic E-state index is 0.257. The van der Waals surface area contributed by atoms with Crippen molar-refractivity contribution >= 4 is 5.69 Å². The van der Waals surface area contributed by atoms with Crippen molar-refractivity contribution in [1.82, 2.24) is 4.98 Å². The van der Waals surface area contributed by atoms with Gasteiger partial charge in [-0.25, -0.2) is 4.98 Å². The van der Waals surface area contributed by atoms with E-state index >= 15 is 0 Å². The molecule has 2 rings (SSSR count). The van der Waals surface area contributed by atoms with E-state index < -0.39 is 0 Å². The Morgan fingerprint density at radius 1 is 1.37 bits per heavy atom. The average Bonchev–Trinajstić information content (AvgIpc) is 2.46. The van der Waals surface area contributed by atoms with Crippen molar-refractivity contribution in [2.45, 2.75) is 6.61 Å². The maximum atomic E-state index is 8.87. The van der Waals surface area contributed by atoms with Gasteiger partial charge in [0.15, 0.2) is 0 Å². The number of pyridine rings is 1. The molecule has 5 nitrogen and oxygen atoms in total. The van der Waals surface area contributed by atoms with Gasteiger partial charge < -0.3 is 15.2 Å². The van der Waals surface area contributed by atoms with Crippen molar-refractivity contribution in [3.05, 3.63) is 47.7 Å². The molecule has 0 saturated heterocycles. The predicted molar refractivity (Wildman–Crippen MR) is 70.7 cm³/mol. The summed E-state index contributed by atoms with van der Waals surface area (Å²) >= 11 is 0. The molecule has 0 fully saturated rings. The Morgan fingerprint density at radius 3 is 2.95 bits per heavy atom. The first-order valence-corrected chi connectivity index (χ1v) is 5.65. The minimum Gasteiger partial charge on any atom is -0.497 e. The van der Waals surface area contributed by atoms with Crippen molar-refractivity contribution in [2.75, 3.05) is 12.8 Å². The van der Waals surface area contributed by atoms with Crippen molar-refractivity contribution in [3.63, 3.8) is 0 Å². The highest BCUT2D eigenvalue weighted by Crippen LogP contribution is 2.23. The van der Waals surface area contributed by atoms with E-state index in [0.29, 0.717) is 12.2 Å². The molecule has 19 heavy (non-hydrogen) atoms. The van der Waals surface area contributed by atoms with Gasteiger partial charge in [0.1, 0.15) is 24.1 Å². The second-order valence-electron chi connectivity index (χ2n) is 3.83. The normalized spacial score (nSPS) is 9.68. The summed E-state index contributed by atoms with van der Waals surface area (Å²) in [5, 5.41) is 8.87. The van der Waals surface area contributed by atoms with Crippen LogP contribution in [0.25, 0.3) is 0 Å². The smallest absolute Gasteiger partial charge is 0.238 e. The molecule has 1 aromatic carbocycles. The Kier molecular flexibility index (Phi) is 3.84. The zero-order valence-electron chi connectivity index (χ0n) is 10.5. The second kappa shape index (κ2) is 5.74. The van der Waals surface area contributed by atoms with Crippen molar-refractivity contribution < 1.29 is 9.47 Å². The third kappa shape index (κ3) is 2.93. The van der Waals surface area contributed by atoms with E-state index in [-0.39, 0.29) is 11.6 Å². The first kappa shape index (κ1) is 12.7. The molecule has 0 atom stereocenters. The molecular formula is C14H13N3O2. The summed E-state index contributed by atoms with van der Waals surface area (Å²) in [6.45, 7) is 0.309. The van der Waals surface area contributed by atoms with Gasteiger partial charge in [-0.2, -0.15) is 5.26 Å². The number of nitriles is 1. The molecular weight excluding hydrogens is 242 g/mol. The third-order valence-electron chi connectivity index (χ3n) is 2.58. The number of aromatic nitrogens is 1. The summed E-state index contributed by atoms with van der Waals surface area (Å²) in [7, 11) is 1.61. The first-order chi connectivity index (χ1) is 9.24. The van der Waals surface area contributed by atoms with E-state index in [9.17, 15) is 0 Å². The highest BCUT2D eigenvalue weighted by molar-refractivity contribution is 5.59. The van der Waals surface area contributed by atoms with Gasteiger partial charge in [0, 0.05) is 6.20 Å². The zero-order valence-corrected chi connectivity index (χ0v) is 10.5. The van der Waals surface area contributed by atoms with Crippen LogP contribution >= 0.6 is 0 Å². The monoisotopic (exact) mass is 255 g/mol. The van der Waals surface area contributed by atoms with E-state index in [2.05, 4.69) is 4.98 Å². The molecule has 0 amide bonds. The van der Waals surface area contributed by atoms with Crippen LogP contribution in [-0.4, -0.2) is 12.1 Å². The lowest BCUT2D eigenvalue weighted by Crippen LogP contribution is -2.02. The number of ether oxygens (including phenoxy) is 2. The Bertz CT molecular complexity index is 620. The van der Waals surface area contributed by atoms with Gasteiger partial charge in [-0.05, 0) is 23.8 Å². The molecule has 0 saturated carbocycles. The minimum absolute atomic E-state index is 0.257. The van der Waals surface area contributed by atoms with Crippen molar-refractivity contribution in [3.8, 4) is 17.7 Å². The number of anilines is 1. The van der Waals surface area contributed by atoms with E-state index in [1.165, 1.54) is 6.20 Å². The lowest BCUT2D eigenvalue weighted by Gasteiger charge is -2.09. The van der Waals surface area contributed by atoms with Crippen LogP contribution in [0.1, 0.15) is 11.1 Å². The van der Waals surface area contributed by atoms with Crippen LogP contribution in [-0.2, 0) is 6.61 Å². The number of nitrogens with two attached hydrogens (primary N) is 1. The van der Waals surface area contributed by atoms with Crippen molar-refractivity contribution in [2.24, 2.45) is 0 Å². The number of nitrogens with zero attached hydrogens (tertiary/aromatic N) is 2. The molecule has 0 bridgehead atoms. The number of methoxy groups -OCH3 is 1.